The number of fused-ring (bicyclic) bond motifs is 1. The van der Waals surface area contributed by atoms with E-state index in [1.165, 1.54) is 29.7 Å². The molecule has 24 heavy (non-hydrogen) atoms. The van der Waals surface area contributed by atoms with E-state index in [4.69, 9.17) is 15.2 Å². The van der Waals surface area contributed by atoms with E-state index in [-0.39, 0.29) is 36.0 Å². The van der Waals surface area contributed by atoms with E-state index in [1.54, 1.807) is 6.92 Å². The zero-order chi connectivity index (χ0) is 17.1. The molecule has 2 N–H and O–H groups in total. The SMILES string of the molecule is C=CC1=C(C(=O)OC(C)OC(=O)OCC)N2C(=O)C(N)[C@@H]2SC1.Cl. The van der Waals surface area contributed by atoms with Crippen molar-refractivity contribution in [3.8, 4) is 0 Å². The van der Waals surface area contributed by atoms with Gasteiger partial charge in [0.05, 0.1) is 6.61 Å². The van der Waals surface area contributed by atoms with Crippen LogP contribution in [-0.2, 0) is 23.8 Å². The van der Waals surface area contributed by atoms with Gasteiger partial charge in [0, 0.05) is 12.7 Å². The molecule has 2 rings (SSSR count). The van der Waals surface area contributed by atoms with Gasteiger partial charge in [-0.1, -0.05) is 12.7 Å². The van der Waals surface area contributed by atoms with Crippen molar-refractivity contribution in [3.63, 3.8) is 0 Å². The van der Waals surface area contributed by atoms with E-state index in [0.29, 0.717) is 11.3 Å². The van der Waals surface area contributed by atoms with Crippen LogP contribution in [0, 0.1) is 0 Å². The summed E-state index contributed by atoms with van der Waals surface area (Å²) >= 11 is 1.45. The third-order valence-corrected chi connectivity index (χ3v) is 4.60. The number of nitrogens with zero attached hydrogens (tertiary/aromatic N) is 1. The largest absolute Gasteiger partial charge is 0.511 e. The van der Waals surface area contributed by atoms with Crippen molar-refractivity contribution in [2.24, 2.45) is 5.73 Å². The molecule has 10 heteroatoms. The highest BCUT2D eigenvalue weighted by Crippen LogP contribution is 2.40. The van der Waals surface area contributed by atoms with Crippen LogP contribution >= 0.6 is 24.2 Å². The Morgan fingerprint density at radius 3 is 2.75 bits per heavy atom. The van der Waals surface area contributed by atoms with Crippen LogP contribution in [0.25, 0.3) is 0 Å². The van der Waals surface area contributed by atoms with Gasteiger partial charge < -0.3 is 19.9 Å². The standard InChI is InChI=1S/C14H18N2O6S.ClH/c1-4-8-6-23-12-9(15)11(17)16(12)10(8)13(18)21-7(3)22-14(19)20-5-2;/h4,7,9,12H,1,5-6,15H2,2-3H3;1H/t7?,9?,12-;/m0./s1. The number of allylic oxidation sites excluding steroid dienone is 1. The Bertz CT molecular complexity index is 582. The molecule has 0 aromatic heterocycles. The highest BCUT2D eigenvalue weighted by atomic mass is 35.5. The van der Waals surface area contributed by atoms with Gasteiger partial charge in [0.1, 0.15) is 17.1 Å². The molecule has 134 valence electrons. The molecule has 2 heterocycles. The number of amides is 1. The van der Waals surface area contributed by atoms with Crippen molar-refractivity contribution in [2.45, 2.75) is 31.6 Å². The number of rotatable bonds is 5. The Labute approximate surface area is 149 Å². The first-order valence-corrected chi connectivity index (χ1v) is 8.05. The third kappa shape index (κ3) is 3.85. The molecular weight excluding hydrogens is 360 g/mol. The van der Waals surface area contributed by atoms with Crippen molar-refractivity contribution >= 4 is 42.2 Å². The molecule has 0 spiro atoms. The zero-order valence-electron chi connectivity index (χ0n) is 13.2. The molecule has 0 bridgehead atoms. The number of nitrogens with two attached hydrogens (primary N) is 1. The Kier molecular flexibility index (Phi) is 7.12. The molecule has 3 atom stereocenters. The molecule has 0 radical (unpaired) electrons. The van der Waals surface area contributed by atoms with Gasteiger partial charge in [0.2, 0.25) is 12.2 Å². The van der Waals surface area contributed by atoms with Crippen molar-refractivity contribution in [1.82, 2.24) is 4.90 Å². The van der Waals surface area contributed by atoms with Gasteiger partial charge in [-0.15, -0.1) is 24.2 Å². The first-order chi connectivity index (χ1) is 10.9. The molecule has 0 saturated carbocycles. The average molecular weight is 379 g/mol. The fraction of sp³-hybridized carbons (Fsp3) is 0.500. The lowest BCUT2D eigenvalue weighted by Gasteiger charge is -2.48. The van der Waals surface area contributed by atoms with Gasteiger partial charge in [-0.3, -0.25) is 9.69 Å². The number of esters is 1. The van der Waals surface area contributed by atoms with Gasteiger partial charge in [-0.25, -0.2) is 9.59 Å². The van der Waals surface area contributed by atoms with Gasteiger partial charge >= 0.3 is 12.1 Å². The maximum Gasteiger partial charge on any atom is 0.511 e. The van der Waals surface area contributed by atoms with Crippen LogP contribution in [0.15, 0.2) is 23.9 Å². The first-order valence-electron chi connectivity index (χ1n) is 7.00. The normalized spacial score (nSPS) is 23.3. The average Bonchev–Trinajstić information content (AvgIpc) is 2.52. The van der Waals surface area contributed by atoms with E-state index < -0.39 is 24.5 Å². The minimum atomic E-state index is -1.15. The Morgan fingerprint density at radius 2 is 2.17 bits per heavy atom. The number of carbonyl (C=O) groups is 3. The number of carbonyl (C=O) groups excluding carboxylic acids is 3. The summed E-state index contributed by atoms with van der Waals surface area (Å²) in [6, 6.07) is -0.637. The van der Waals surface area contributed by atoms with Gasteiger partial charge in [0.15, 0.2) is 0 Å². The predicted molar refractivity (Wildman–Crippen MR) is 89.2 cm³/mol. The number of ether oxygens (including phenoxy) is 3. The highest BCUT2D eigenvalue weighted by Gasteiger charge is 2.51. The summed E-state index contributed by atoms with van der Waals surface area (Å²) in [5.74, 6) is -0.641. The maximum absolute atomic E-state index is 12.4. The molecule has 0 aromatic rings. The lowest BCUT2D eigenvalue weighted by atomic mass is 10.0. The van der Waals surface area contributed by atoms with Crippen molar-refractivity contribution in [2.75, 3.05) is 12.4 Å². The summed E-state index contributed by atoms with van der Waals surface area (Å²) in [6.45, 7) is 6.79. The molecule has 1 saturated heterocycles. The zero-order valence-corrected chi connectivity index (χ0v) is 14.9. The summed E-state index contributed by atoms with van der Waals surface area (Å²) in [6.07, 6.45) is -0.601. The minimum Gasteiger partial charge on any atom is -0.435 e. The highest BCUT2D eigenvalue weighted by molar-refractivity contribution is 8.00. The van der Waals surface area contributed by atoms with Gasteiger partial charge in [0.25, 0.3) is 0 Å². The van der Waals surface area contributed by atoms with Crippen LogP contribution in [0.4, 0.5) is 4.79 Å². The van der Waals surface area contributed by atoms with Gasteiger partial charge in [-0.05, 0) is 12.5 Å². The smallest absolute Gasteiger partial charge is 0.435 e. The number of thioether (sulfide) groups is 1. The third-order valence-electron chi connectivity index (χ3n) is 3.28. The molecule has 2 aliphatic rings. The minimum absolute atomic E-state index is 0. The summed E-state index contributed by atoms with van der Waals surface area (Å²) in [4.78, 5) is 36.8. The number of halogens is 1. The molecule has 1 amide bonds. The van der Waals surface area contributed by atoms with Crippen LogP contribution < -0.4 is 5.73 Å². The van der Waals surface area contributed by atoms with E-state index in [2.05, 4.69) is 11.3 Å². The molecule has 2 aliphatic heterocycles. The van der Waals surface area contributed by atoms with Crippen LogP contribution in [0.3, 0.4) is 0 Å². The molecule has 0 aliphatic carbocycles. The lowest BCUT2D eigenvalue weighted by Crippen LogP contribution is -2.68. The summed E-state index contributed by atoms with van der Waals surface area (Å²) in [7, 11) is 0. The van der Waals surface area contributed by atoms with Gasteiger partial charge in [-0.2, -0.15) is 0 Å². The van der Waals surface area contributed by atoms with Crippen LogP contribution in [0.5, 0.6) is 0 Å². The Morgan fingerprint density at radius 1 is 1.50 bits per heavy atom. The molecular formula is C14H19ClN2O6S. The van der Waals surface area contributed by atoms with Crippen molar-refractivity contribution < 1.29 is 28.6 Å². The summed E-state index contributed by atoms with van der Waals surface area (Å²) in [5, 5.41) is -0.296. The summed E-state index contributed by atoms with van der Waals surface area (Å²) in [5.41, 5.74) is 6.39. The molecule has 2 unspecified atom stereocenters. The lowest BCUT2D eigenvalue weighted by molar-refractivity contribution is -0.168. The van der Waals surface area contributed by atoms with Crippen molar-refractivity contribution in [3.05, 3.63) is 23.9 Å². The number of hydrogen-bond donors (Lipinski definition) is 1. The van der Waals surface area contributed by atoms with Crippen LogP contribution in [0.1, 0.15) is 13.8 Å². The number of hydrogen-bond acceptors (Lipinski definition) is 8. The van der Waals surface area contributed by atoms with Crippen LogP contribution in [0.2, 0.25) is 0 Å². The van der Waals surface area contributed by atoms with E-state index in [1.807, 2.05) is 0 Å². The molecule has 1 fully saturated rings. The maximum atomic E-state index is 12.4. The fourth-order valence-electron chi connectivity index (χ4n) is 2.20. The van der Waals surface area contributed by atoms with E-state index >= 15 is 0 Å². The van der Waals surface area contributed by atoms with E-state index in [9.17, 15) is 14.4 Å². The van der Waals surface area contributed by atoms with Crippen LogP contribution in [-0.4, -0.2) is 53.0 Å². The fourth-order valence-corrected chi connectivity index (χ4v) is 3.49. The van der Waals surface area contributed by atoms with E-state index in [0.717, 1.165) is 0 Å². The monoisotopic (exact) mass is 378 g/mol. The second kappa shape index (κ2) is 8.41. The topological polar surface area (TPSA) is 108 Å². The first kappa shape index (κ1) is 20.3. The second-order valence-electron chi connectivity index (χ2n) is 4.79. The Balaban J connectivity index is 0.00000288. The molecule has 8 nitrogen and oxygen atoms in total. The quantitative estimate of drug-likeness (QED) is 0.431. The predicted octanol–water partition coefficient (Wildman–Crippen LogP) is 1.15. The van der Waals surface area contributed by atoms with Crippen molar-refractivity contribution in [1.29, 1.82) is 0 Å². The number of β-lactam (4-membered cyclic amide) rings is 1. The second-order valence-corrected chi connectivity index (χ2v) is 5.89. The Hall–Kier alpha value is -1.71. The summed E-state index contributed by atoms with van der Waals surface area (Å²) < 4.78 is 14.4. The molecule has 0 aromatic carbocycles.